The molecule has 0 saturated carbocycles. The summed E-state index contributed by atoms with van der Waals surface area (Å²) in [4.78, 5) is 37.8. The molecule has 0 aliphatic rings. The van der Waals surface area contributed by atoms with Gasteiger partial charge in [0.15, 0.2) is 6.10 Å². The first kappa shape index (κ1) is 54.4. The molecule has 0 radical (unpaired) electrons. The maximum Gasteiger partial charge on any atom is 0.306 e. The lowest BCUT2D eigenvalue weighted by Crippen LogP contribution is -2.30. The highest BCUT2D eigenvalue weighted by Crippen LogP contribution is 2.17. The van der Waals surface area contributed by atoms with E-state index in [4.69, 9.17) is 14.2 Å². The Morgan fingerprint density at radius 3 is 0.875 bits per heavy atom. The monoisotopic (exact) mass is 793 g/mol. The van der Waals surface area contributed by atoms with E-state index < -0.39 is 6.10 Å². The largest absolute Gasteiger partial charge is 0.462 e. The van der Waals surface area contributed by atoms with E-state index in [2.05, 4.69) is 27.7 Å². The molecule has 0 aromatic carbocycles. The van der Waals surface area contributed by atoms with Crippen LogP contribution in [0, 0.1) is 5.92 Å². The van der Waals surface area contributed by atoms with Gasteiger partial charge in [0.1, 0.15) is 13.2 Å². The number of hydrogen-bond acceptors (Lipinski definition) is 6. The van der Waals surface area contributed by atoms with Crippen molar-refractivity contribution in [3.8, 4) is 0 Å². The van der Waals surface area contributed by atoms with Gasteiger partial charge in [0.05, 0.1) is 0 Å². The topological polar surface area (TPSA) is 78.9 Å². The van der Waals surface area contributed by atoms with E-state index in [1.165, 1.54) is 173 Å². The molecule has 0 fully saturated rings. The van der Waals surface area contributed by atoms with Crippen molar-refractivity contribution in [1.29, 1.82) is 0 Å². The van der Waals surface area contributed by atoms with Crippen LogP contribution in [0.5, 0.6) is 0 Å². The lowest BCUT2D eigenvalue weighted by atomic mass is 10.0. The minimum atomic E-state index is -0.759. The second-order valence-electron chi connectivity index (χ2n) is 17.6. The quantitative estimate of drug-likeness (QED) is 0.0347. The summed E-state index contributed by atoms with van der Waals surface area (Å²) in [6.07, 6.45) is 45.2. The second kappa shape index (κ2) is 44.5. The third-order valence-corrected chi connectivity index (χ3v) is 11.3. The van der Waals surface area contributed by atoms with E-state index in [0.717, 1.165) is 63.7 Å². The molecule has 0 saturated heterocycles. The minimum absolute atomic E-state index is 0.0633. The van der Waals surface area contributed by atoms with Gasteiger partial charge in [-0.2, -0.15) is 0 Å². The standard InChI is InChI=1S/C50H96O6/c1-5-7-9-11-13-15-16-17-18-19-20-21-26-29-33-37-41-48(51)54-44-47(56-50(53)43-39-35-31-24-14-12-10-8-6-2)45-55-49(52)42-38-34-30-27-23-22-25-28-32-36-40-46(3)4/h46-47H,5-45H2,1-4H3/t47-/m0/s1. The van der Waals surface area contributed by atoms with Gasteiger partial charge in [-0.25, -0.2) is 0 Å². The van der Waals surface area contributed by atoms with Crippen LogP contribution in [0.15, 0.2) is 0 Å². The molecule has 6 heteroatoms. The molecule has 0 aromatic rings. The average molecular weight is 793 g/mol. The summed E-state index contributed by atoms with van der Waals surface area (Å²) in [5.41, 5.74) is 0. The van der Waals surface area contributed by atoms with E-state index in [-0.39, 0.29) is 31.1 Å². The van der Waals surface area contributed by atoms with Gasteiger partial charge in [-0.15, -0.1) is 0 Å². The van der Waals surface area contributed by atoms with Crippen LogP contribution in [0.2, 0.25) is 0 Å². The summed E-state index contributed by atoms with van der Waals surface area (Å²) in [5.74, 6) is -0.0320. The Bertz CT molecular complexity index is 841. The zero-order valence-corrected chi connectivity index (χ0v) is 38.1. The number of rotatable bonds is 45. The van der Waals surface area contributed by atoms with E-state index in [9.17, 15) is 14.4 Å². The number of carbonyl (C=O) groups is 3. The fraction of sp³-hybridized carbons (Fsp3) is 0.940. The first-order chi connectivity index (χ1) is 27.4. The van der Waals surface area contributed by atoms with Gasteiger partial charge >= 0.3 is 17.9 Å². The van der Waals surface area contributed by atoms with E-state index in [1.54, 1.807) is 0 Å². The predicted octanol–water partition coefficient (Wildman–Crippen LogP) is 15.9. The lowest BCUT2D eigenvalue weighted by molar-refractivity contribution is -0.167. The Morgan fingerprint density at radius 2 is 0.589 bits per heavy atom. The summed E-state index contributed by atoms with van der Waals surface area (Å²) in [5, 5.41) is 0. The van der Waals surface area contributed by atoms with Crippen molar-refractivity contribution in [3.63, 3.8) is 0 Å². The van der Waals surface area contributed by atoms with Crippen LogP contribution in [0.25, 0.3) is 0 Å². The number of unbranched alkanes of at least 4 members (excludes halogenated alkanes) is 32. The van der Waals surface area contributed by atoms with Crippen molar-refractivity contribution in [2.75, 3.05) is 13.2 Å². The van der Waals surface area contributed by atoms with Gasteiger partial charge in [0.2, 0.25) is 0 Å². The van der Waals surface area contributed by atoms with Crippen LogP contribution in [-0.2, 0) is 28.6 Å². The zero-order valence-electron chi connectivity index (χ0n) is 38.1. The zero-order chi connectivity index (χ0) is 41.0. The van der Waals surface area contributed by atoms with Crippen LogP contribution in [0.3, 0.4) is 0 Å². The summed E-state index contributed by atoms with van der Waals surface area (Å²) >= 11 is 0. The third kappa shape index (κ3) is 43.5. The van der Waals surface area contributed by atoms with E-state index in [0.29, 0.717) is 19.3 Å². The van der Waals surface area contributed by atoms with Gasteiger partial charge in [0, 0.05) is 19.3 Å². The SMILES string of the molecule is CCCCCCCCCCCCCCCCCCC(=O)OC[C@@H](COC(=O)CCCCCCCCCCCCC(C)C)OC(=O)CCCCCCCCCCC. The molecule has 0 aliphatic heterocycles. The molecule has 0 rings (SSSR count). The second-order valence-corrected chi connectivity index (χ2v) is 17.6. The maximum atomic E-state index is 12.7. The number of esters is 3. The van der Waals surface area contributed by atoms with Crippen molar-refractivity contribution in [3.05, 3.63) is 0 Å². The fourth-order valence-electron chi connectivity index (χ4n) is 7.51. The Morgan fingerprint density at radius 1 is 0.339 bits per heavy atom. The minimum Gasteiger partial charge on any atom is -0.462 e. The summed E-state index contributed by atoms with van der Waals surface area (Å²) in [6.45, 7) is 8.99. The highest BCUT2D eigenvalue weighted by molar-refractivity contribution is 5.71. The van der Waals surface area contributed by atoms with Gasteiger partial charge in [0.25, 0.3) is 0 Å². The molecule has 0 aromatic heterocycles. The lowest BCUT2D eigenvalue weighted by Gasteiger charge is -2.18. The summed E-state index contributed by atoms with van der Waals surface area (Å²) in [7, 11) is 0. The Balaban J connectivity index is 4.25. The molecule has 0 bridgehead atoms. The Labute approximate surface area is 348 Å². The highest BCUT2D eigenvalue weighted by Gasteiger charge is 2.19. The number of ether oxygens (including phenoxy) is 3. The molecule has 0 unspecified atom stereocenters. The average Bonchev–Trinajstić information content (AvgIpc) is 3.18. The van der Waals surface area contributed by atoms with Crippen LogP contribution in [0.4, 0.5) is 0 Å². The molecule has 6 nitrogen and oxygen atoms in total. The molecule has 0 amide bonds. The van der Waals surface area contributed by atoms with Crippen molar-refractivity contribution in [2.45, 2.75) is 284 Å². The van der Waals surface area contributed by atoms with Gasteiger partial charge in [-0.05, 0) is 25.2 Å². The van der Waals surface area contributed by atoms with Crippen LogP contribution in [-0.4, -0.2) is 37.2 Å². The molecule has 56 heavy (non-hydrogen) atoms. The number of carbonyl (C=O) groups excluding carboxylic acids is 3. The molecule has 332 valence electrons. The summed E-state index contributed by atoms with van der Waals surface area (Å²) in [6, 6.07) is 0. The normalized spacial score (nSPS) is 11.9. The molecule has 1 atom stereocenters. The first-order valence-electron chi connectivity index (χ1n) is 24.9. The van der Waals surface area contributed by atoms with Gasteiger partial charge in [-0.1, -0.05) is 240 Å². The predicted molar refractivity (Wildman–Crippen MR) is 238 cm³/mol. The van der Waals surface area contributed by atoms with Crippen molar-refractivity contribution in [1.82, 2.24) is 0 Å². The number of hydrogen-bond donors (Lipinski definition) is 0. The first-order valence-corrected chi connectivity index (χ1v) is 24.9. The molecule has 0 spiro atoms. The van der Waals surface area contributed by atoms with Crippen LogP contribution < -0.4 is 0 Å². The van der Waals surface area contributed by atoms with Gasteiger partial charge < -0.3 is 14.2 Å². The smallest absolute Gasteiger partial charge is 0.306 e. The van der Waals surface area contributed by atoms with Crippen molar-refractivity contribution in [2.24, 2.45) is 5.92 Å². The van der Waals surface area contributed by atoms with E-state index >= 15 is 0 Å². The maximum absolute atomic E-state index is 12.7. The molecule has 0 heterocycles. The molecular formula is C50H96O6. The Hall–Kier alpha value is -1.59. The Kier molecular flexibility index (Phi) is 43.2. The van der Waals surface area contributed by atoms with Crippen LogP contribution in [0.1, 0.15) is 278 Å². The molecule has 0 N–H and O–H groups in total. The summed E-state index contributed by atoms with van der Waals surface area (Å²) < 4.78 is 16.7. The van der Waals surface area contributed by atoms with Crippen LogP contribution >= 0.6 is 0 Å². The third-order valence-electron chi connectivity index (χ3n) is 11.3. The molecule has 0 aliphatic carbocycles. The van der Waals surface area contributed by atoms with Gasteiger partial charge in [-0.3, -0.25) is 14.4 Å². The van der Waals surface area contributed by atoms with Crippen molar-refractivity contribution < 1.29 is 28.6 Å². The fourth-order valence-corrected chi connectivity index (χ4v) is 7.51. The molecular weight excluding hydrogens is 697 g/mol. The highest BCUT2D eigenvalue weighted by atomic mass is 16.6. The van der Waals surface area contributed by atoms with E-state index in [1.807, 2.05) is 0 Å². The van der Waals surface area contributed by atoms with Crippen molar-refractivity contribution >= 4 is 17.9 Å².